The quantitative estimate of drug-likeness (QED) is 0.754. The van der Waals surface area contributed by atoms with Crippen LogP contribution in [0.5, 0.6) is 11.8 Å². The van der Waals surface area contributed by atoms with Crippen LogP contribution < -0.4 is 9.47 Å². The van der Waals surface area contributed by atoms with E-state index in [1.165, 1.54) is 25.0 Å². The molecule has 130 valence electrons. The average Bonchev–Trinajstić information content (AvgIpc) is 3.26. The van der Waals surface area contributed by atoms with Gasteiger partial charge >= 0.3 is 0 Å². The first-order chi connectivity index (χ1) is 11.2. The van der Waals surface area contributed by atoms with E-state index in [1.807, 2.05) is 0 Å². The molecule has 24 heavy (non-hydrogen) atoms. The van der Waals surface area contributed by atoms with Crippen molar-refractivity contribution in [1.82, 2.24) is 8.75 Å². The van der Waals surface area contributed by atoms with E-state index < -0.39 is 0 Å². The van der Waals surface area contributed by atoms with E-state index in [2.05, 4.69) is 8.75 Å². The minimum Gasteiger partial charge on any atom is -0.473 e. The zero-order valence-corrected chi connectivity index (χ0v) is 14.9. The molecule has 1 aromatic heterocycles. The number of hydrogen-bond donors (Lipinski definition) is 0. The van der Waals surface area contributed by atoms with Crippen molar-refractivity contribution in [3.05, 3.63) is 35.6 Å². The highest BCUT2D eigenvalue weighted by atomic mass is 35.5. The van der Waals surface area contributed by atoms with E-state index in [4.69, 9.17) is 9.47 Å². The predicted molar refractivity (Wildman–Crippen MR) is 92.7 cm³/mol. The average molecular weight is 371 g/mol. The van der Waals surface area contributed by atoms with E-state index in [-0.39, 0.29) is 23.8 Å². The summed E-state index contributed by atoms with van der Waals surface area (Å²) in [6.45, 7) is 0.475. The van der Waals surface area contributed by atoms with Crippen LogP contribution in [-0.2, 0) is 6.42 Å². The Kier molecular flexibility index (Phi) is 5.25. The largest absolute Gasteiger partial charge is 0.473 e. The van der Waals surface area contributed by atoms with E-state index in [0.29, 0.717) is 24.8 Å². The predicted octanol–water partition coefficient (Wildman–Crippen LogP) is 4.43. The highest BCUT2D eigenvalue weighted by molar-refractivity contribution is 6.99. The highest BCUT2D eigenvalue weighted by Crippen LogP contribution is 2.50. The number of aromatic nitrogens is 2. The Labute approximate surface area is 151 Å². The summed E-state index contributed by atoms with van der Waals surface area (Å²) in [7, 11) is 0. The third-order valence-corrected chi connectivity index (χ3v) is 5.46. The second kappa shape index (κ2) is 7.23. The van der Waals surface area contributed by atoms with Crippen LogP contribution in [-0.4, -0.2) is 21.0 Å². The maximum absolute atomic E-state index is 12.9. The van der Waals surface area contributed by atoms with Crippen LogP contribution in [0, 0.1) is 11.7 Å². The molecule has 2 aliphatic rings. The Bertz CT molecular complexity index is 671. The molecule has 0 atom stereocenters. The topological polar surface area (TPSA) is 44.2 Å². The summed E-state index contributed by atoms with van der Waals surface area (Å²) in [5.74, 6) is 1.63. The fourth-order valence-corrected chi connectivity index (χ4v) is 4.16. The van der Waals surface area contributed by atoms with E-state index >= 15 is 0 Å². The third kappa shape index (κ3) is 3.64. The molecule has 2 aromatic rings. The third-order valence-electron chi connectivity index (χ3n) is 4.96. The molecule has 2 bridgehead atoms. The van der Waals surface area contributed by atoms with Crippen molar-refractivity contribution in [3.63, 3.8) is 0 Å². The number of fused-ring (bicyclic) bond motifs is 2. The van der Waals surface area contributed by atoms with Gasteiger partial charge in [0, 0.05) is 6.42 Å². The van der Waals surface area contributed by atoms with Crippen LogP contribution in [0.25, 0.3) is 0 Å². The van der Waals surface area contributed by atoms with Gasteiger partial charge in [0.05, 0.1) is 18.3 Å². The fraction of sp³-hybridized carbons (Fsp3) is 0.529. The van der Waals surface area contributed by atoms with Crippen LogP contribution in [0.1, 0.15) is 37.7 Å². The van der Waals surface area contributed by atoms with Gasteiger partial charge in [0.15, 0.2) is 0 Å². The van der Waals surface area contributed by atoms with Gasteiger partial charge in [-0.25, -0.2) is 4.39 Å². The van der Waals surface area contributed by atoms with Crippen LogP contribution >= 0.6 is 24.1 Å². The first-order valence-electron chi connectivity index (χ1n) is 8.11. The summed E-state index contributed by atoms with van der Waals surface area (Å²) < 4.78 is 33.3. The summed E-state index contributed by atoms with van der Waals surface area (Å²) in [4.78, 5) is 0. The second-order valence-electron chi connectivity index (χ2n) is 6.53. The molecule has 0 unspecified atom stereocenters. The molecule has 7 heteroatoms. The molecule has 0 amide bonds. The number of nitrogens with zero attached hydrogens (tertiary/aromatic N) is 2. The molecule has 4 rings (SSSR count). The lowest BCUT2D eigenvalue weighted by Gasteiger charge is -2.26. The Balaban J connectivity index is 0.00000169. The highest BCUT2D eigenvalue weighted by Gasteiger charge is 2.47. The van der Waals surface area contributed by atoms with Crippen molar-refractivity contribution < 1.29 is 13.9 Å². The Morgan fingerprint density at radius 2 is 1.83 bits per heavy atom. The number of hydrogen-bond acceptors (Lipinski definition) is 5. The molecule has 2 fully saturated rings. The maximum atomic E-state index is 12.9. The van der Waals surface area contributed by atoms with Gasteiger partial charge in [-0.15, -0.1) is 21.2 Å². The number of rotatable bonds is 6. The standard InChI is InChI=1S/C17H19FN2O2S.ClH/c18-14-3-1-12(2-4-14)7-10-21-15-16(20-23-19-15)22-17-8-5-13(11-17)6-9-17;/h1-4,13H,5-11H2;1H. The van der Waals surface area contributed by atoms with Gasteiger partial charge in [0.25, 0.3) is 11.8 Å². The van der Waals surface area contributed by atoms with Crippen LogP contribution in [0.15, 0.2) is 24.3 Å². The molecule has 0 saturated heterocycles. The molecule has 0 radical (unpaired) electrons. The SMILES string of the molecule is Cl.Fc1ccc(CCOc2nsnc2OC23CCC(CC2)C3)cc1. The van der Waals surface area contributed by atoms with Crippen molar-refractivity contribution in [1.29, 1.82) is 0 Å². The Hall–Kier alpha value is -1.40. The zero-order chi connectivity index (χ0) is 15.7. The minimum atomic E-state index is -0.222. The van der Waals surface area contributed by atoms with Gasteiger partial charge < -0.3 is 9.47 Å². The fourth-order valence-electron chi connectivity index (χ4n) is 3.73. The van der Waals surface area contributed by atoms with Gasteiger partial charge in [0.1, 0.15) is 11.4 Å². The van der Waals surface area contributed by atoms with Crippen LogP contribution in [0.2, 0.25) is 0 Å². The second-order valence-corrected chi connectivity index (χ2v) is 7.06. The van der Waals surface area contributed by atoms with Crippen LogP contribution in [0.3, 0.4) is 0 Å². The van der Waals surface area contributed by atoms with Crippen molar-refractivity contribution in [2.24, 2.45) is 5.92 Å². The molecule has 1 heterocycles. The summed E-state index contributed by atoms with van der Waals surface area (Å²) in [6.07, 6.45) is 6.59. The smallest absolute Gasteiger partial charge is 0.291 e. The van der Waals surface area contributed by atoms with E-state index in [9.17, 15) is 4.39 Å². The summed E-state index contributed by atoms with van der Waals surface area (Å²) in [5.41, 5.74) is 1.00. The molecule has 4 nitrogen and oxygen atoms in total. The number of halogens is 2. The number of ether oxygens (including phenoxy) is 2. The minimum absolute atomic E-state index is 0. The summed E-state index contributed by atoms with van der Waals surface area (Å²) >= 11 is 1.12. The van der Waals surface area contributed by atoms with Crippen molar-refractivity contribution in [2.75, 3.05) is 6.61 Å². The molecule has 1 aromatic carbocycles. The molecule has 2 saturated carbocycles. The zero-order valence-electron chi connectivity index (χ0n) is 13.2. The Morgan fingerprint density at radius 1 is 1.12 bits per heavy atom. The number of benzene rings is 1. The summed E-state index contributed by atoms with van der Waals surface area (Å²) in [6, 6.07) is 6.46. The van der Waals surface area contributed by atoms with Gasteiger partial charge in [-0.2, -0.15) is 0 Å². The molecular formula is C17H20ClFN2O2S. The lowest BCUT2D eigenvalue weighted by molar-refractivity contribution is 0.0706. The summed E-state index contributed by atoms with van der Waals surface area (Å²) in [5, 5.41) is 0. The molecule has 0 N–H and O–H groups in total. The Morgan fingerprint density at radius 3 is 2.50 bits per heavy atom. The van der Waals surface area contributed by atoms with Crippen molar-refractivity contribution in [3.8, 4) is 11.8 Å². The lowest BCUT2D eigenvalue weighted by atomic mass is 9.97. The monoisotopic (exact) mass is 370 g/mol. The van der Waals surface area contributed by atoms with E-state index in [0.717, 1.165) is 42.5 Å². The van der Waals surface area contributed by atoms with Gasteiger partial charge in [-0.3, -0.25) is 0 Å². The van der Waals surface area contributed by atoms with Crippen molar-refractivity contribution in [2.45, 2.75) is 44.1 Å². The van der Waals surface area contributed by atoms with Crippen molar-refractivity contribution >= 4 is 24.1 Å². The molecule has 0 aliphatic heterocycles. The molecule has 2 aliphatic carbocycles. The van der Waals surface area contributed by atoms with Gasteiger partial charge in [0.2, 0.25) is 0 Å². The van der Waals surface area contributed by atoms with Gasteiger partial charge in [-0.1, -0.05) is 12.1 Å². The van der Waals surface area contributed by atoms with Crippen LogP contribution in [0.4, 0.5) is 4.39 Å². The molecular weight excluding hydrogens is 351 g/mol. The van der Waals surface area contributed by atoms with Gasteiger partial charge in [-0.05, 0) is 55.7 Å². The maximum Gasteiger partial charge on any atom is 0.291 e. The van der Waals surface area contributed by atoms with E-state index in [1.54, 1.807) is 12.1 Å². The normalized spacial score (nSPS) is 24.6. The lowest BCUT2D eigenvalue weighted by Crippen LogP contribution is -2.30. The first kappa shape index (κ1) is 17.4. The molecule has 0 spiro atoms. The first-order valence-corrected chi connectivity index (χ1v) is 8.84.